The zero-order valence-electron chi connectivity index (χ0n) is 19.2. The number of benzene rings is 3. The van der Waals surface area contributed by atoms with Gasteiger partial charge in [-0.3, -0.25) is 9.59 Å². The van der Waals surface area contributed by atoms with Gasteiger partial charge in [-0.2, -0.15) is 0 Å². The van der Waals surface area contributed by atoms with Crippen LogP contribution in [0.4, 0.5) is 0 Å². The Labute approximate surface area is 191 Å². The summed E-state index contributed by atoms with van der Waals surface area (Å²) in [6.45, 7) is 5.16. The van der Waals surface area contributed by atoms with Crippen molar-refractivity contribution >= 4 is 22.6 Å². The molecule has 0 aliphatic carbocycles. The Morgan fingerprint density at radius 1 is 0.906 bits per heavy atom. The normalized spacial score (nSPS) is 11.8. The summed E-state index contributed by atoms with van der Waals surface area (Å²) in [6, 6.07) is 23.9. The molecule has 0 saturated heterocycles. The topological polar surface area (TPSA) is 49.4 Å². The highest BCUT2D eigenvalue weighted by molar-refractivity contribution is 5.89. The van der Waals surface area contributed by atoms with Crippen molar-refractivity contribution in [2.75, 3.05) is 6.54 Å². The van der Waals surface area contributed by atoms with Crippen LogP contribution >= 0.6 is 0 Å². The van der Waals surface area contributed by atoms with E-state index in [1.807, 2.05) is 55.5 Å². The van der Waals surface area contributed by atoms with Gasteiger partial charge in [-0.05, 0) is 41.2 Å². The van der Waals surface area contributed by atoms with Crippen molar-refractivity contribution in [1.82, 2.24) is 10.2 Å². The van der Waals surface area contributed by atoms with Crippen LogP contribution in [-0.2, 0) is 22.6 Å². The predicted octanol–water partition coefficient (Wildman–Crippen LogP) is 5.50. The summed E-state index contributed by atoms with van der Waals surface area (Å²) in [6.07, 6.45) is 3.58. The van der Waals surface area contributed by atoms with Crippen LogP contribution in [0.2, 0.25) is 0 Å². The van der Waals surface area contributed by atoms with E-state index in [1.165, 1.54) is 10.8 Å². The van der Waals surface area contributed by atoms with Gasteiger partial charge in [0.05, 0.1) is 0 Å². The molecule has 168 valence electrons. The molecule has 32 heavy (non-hydrogen) atoms. The van der Waals surface area contributed by atoms with Gasteiger partial charge in [0.2, 0.25) is 11.8 Å². The van der Waals surface area contributed by atoms with Crippen LogP contribution in [0.3, 0.4) is 0 Å². The van der Waals surface area contributed by atoms with E-state index in [2.05, 4.69) is 36.5 Å². The van der Waals surface area contributed by atoms with E-state index < -0.39 is 6.04 Å². The molecule has 4 nitrogen and oxygen atoms in total. The summed E-state index contributed by atoms with van der Waals surface area (Å²) in [4.78, 5) is 28.1. The van der Waals surface area contributed by atoms with Crippen LogP contribution in [0.5, 0.6) is 0 Å². The van der Waals surface area contributed by atoms with Crippen molar-refractivity contribution < 1.29 is 9.59 Å². The number of amides is 2. The molecule has 0 spiro atoms. The number of hydrogen-bond acceptors (Lipinski definition) is 2. The molecule has 0 radical (unpaired) electrons. The fraction of sp³-hybridized carbons (Fsp3) is 0.357. The van der Waals surface area contributed by atoms with Crippen LogP contribution in [-0.4, -0.2) is 29.3 Å². The lowest BCUT2D eigenvalue weighted by molar-refractivity contribution is -0.141. The molecular formula is C28H34N2O2. The minimum absolute atomic E-state index is 0.0132. The van der Waals surface area contributed by atoms with E-state index in [1.54, 1.807) is 4.90 Å². The van der Waals surface area contributed by atoms with Gasteiger partial charge in [-0.15, -0.1) is 0 Å². The van der Waals surface area contributed by atoms with E-state index in [0.717, 1.165) is 24.0 Å². The summed E-state index contributed by atoms with van der Waals surface area (Å²) < 4.78 is 0. The number of carbonyl (C=O) groups excluding carboxylic acids is 2. The average Bonchev–Trinajstić information content (AvgIpc) is 2.83. The number of nitrogens with one attached hydrogen (secondary N) is 1. The van der Waals surface area contributed by atoms with Gasteiger partial charge in [-0.25, -0.2) is 0 Å². The lowest BCUT2D eigenvalue weighted by Crippen LogP contribution is -2.49. The smallest absolute Gasteiger partial charge is 0.242 e. The summed E-state index contributed by atoms with van der Waals surface area (Å²) in [5.41, 5.74) is 2.20. The highest BCUT2D eigenvalue weighted by Gasteiger charge is 2.28. The number of nitrogens with zero attached hydrogens (tertiary/aromatic N) is 1. The number of aryl methyl sites for hydroxylation is 1. The maximum Gasteiger partial charge on any atom is 0.242 e. The van der Waals surface area contributed by atoms with Crippen LogP contribution in [0.1, 0.15) is 50.7 Å². The second-order valence-corrected chi connectivity index (χ2v) is 8.21. The summed E-state index contributed by atoms with van der Waals surface area (Å²) in [5, 5.41) is 5.38. The second kappa shape index (κ2) is 12.0. The Morgan fingerprint density at radius 3 is 2.38 bits per heavy atom. The number of unbranched alkanes of at least 4 members (excludes halogenated alkanes) is 1. The minimum Gasteiger partial charge on any atom is -0.354 e. The van der Waals surface area contributed by atoms with Gasteiger partial charge in [0.15, 0.2) is 0 Å². The standard InChI is InChI=1S/C28H34N2O2/c1-3-5-20-29-28(32)26(4-2)30(21-22-12-7-6-8-13-22)27(31)19-18-24-16-11-15-23-14-9-10-17-25(23)24/h6-17,26H,3-5,18-21H2,1-2H3,(H,29,32)/t26-/m0/s1. The lowest BCUT2D eigenvalue weighted by Gasteiger charge is -2.31. The Kier molecular flexibility index (Phi) is 8.85. The molecule has 2 amide bonds. The van der Waals surface area contributed by atoms with Gasteiger partial charge in [0, 0.05) is 19.5 Å². The third-order valence-corrected chi connectivity index (χ3v) is 5.90. The molecule has 0 saturated carbocycles. The molecule has 3 rings (SSSR count). The van der Waals surface area contributed by atoms with Crippen molar-refractivity contribution in [3.05, 3.63) is 83.9 Å². The Hall–Kier alpha value is -3.14. The zero-order chi connectivity index (χ0) is 22.8. The predicted molar refractivity (Wildman–Crippen MR) is 131 cm³/mol. The summed E-state index contributed by atoms with van der Waals surface area (Å²) in [5.74, 6) is -0.0466. The number of carbonyl (C=O) groups is 2. The monoisotopic (exact) mass is 430 g/mol. The molecule has 1 atom stereocenters. The fourth-order valence-corrected chi connectivity index (χ4v) is 4.10. The molecule has 4 heteroatoms. The largest absolute Gasteiger partial charge is 0.354 e. The molecular weight excluding hydrogens is 396 g/mol. The maximum atomic E-state index is 13.4. The van der Waals surface area contributed by atoms with Crippen molar-refractivity contribution in [3.63, 3.8) is 0 Å². The van der Waals surface area contributed by atoms with Gasteiger partial charge < -0.3 is 10.2 Å². The van der Waals surface area contributed by atoms with Crippen LogP contribution < -0.4 is 5.32 Å². The third-order valence-electron chi connectivity index (χ3n) is 5.90. The van der Waals surface area contributed by atoms with E-state index in [-0.39, 0.29) is 11.8 Å². The molecule has 0 bridgehead atoms. The third kappa shape index (κ3) is 6.19. The second-order valence-electron chi connectivity index (χ2n) is 8.21. The summed E-state index contributed by atoms with van der Waals surface area (Å²) >= 11 is 0. The molecule has 1 N–H and O–H groups in total. The van der Waals surface area contributed by atoms with Gasteiger partial charge in [0.1, 0.15) is 6.04 Å². The first-order valence-corrected chi connectivity index (χ1v) is 11.7. The highest BCUT2D eigenvalue weighted by Crippen LogP contribution is 2.21. The lowest BCUT2D eigenvalue weighted by atomic mass is 10.00. The molecule has 3 aromatic rings. The van der Waals surface area contributed by atoms with Crippen molar-refractivity contribution in [3.8, 4) is 0 Å². The average molecular weight is 431 g/mol. The molecule has 0 aliphatic heterocycles. The maximum absolute atomic E-state index is 13.4. The highest BCUT2D eigenvalue weighted by atomic mass is 16.2. The van der Waals surface area contributed by atoms with Gasteiger partial charge in [-0.1, -0.05) is 93.1 Å². The van der Waals surface area contributed by atoms with E-state index in [4.69, 9.17) is 0 Å². The van der Waals surface area contributed by atoms with Crippen LogP contribution in [0.25, 0.3) is 10.8 Å². The Morgan fingerprint density at radius 2 is 1.62 bits per heavy atom. The molecule has 0 heterocycles. The first-order chi connectivity index (χ1) is 15.6. The van der Waals surface area contributed by atoms with Crippen LogP contribution in [0.15, 0.2) is 72.8 Å². The minimum atomic E-state index is -0.466. The molecule has 3 aromatic carbocycles. The Bertz CT molecular complexity index is 1010. The van der Waals surface area contributed by atoms with Gasteiger partial charge >= 0.3 is 0 Å². The van der Waals surface area contributed by atoms with Crippen molar-refractivity contribution in [2.24, 2.45) is 0 Å². The van der Waals surface area contributed by atoms with Gasteiger partial charge in [0.25, 0.3) is 0 Å². The fourth-order valence-electron chi connectivity index (χ4n) is 4.10. The molecule has 0 aromatic heterocycles. The van der Waals surface area contributed by atoms with Crippen molar-refractivity contribution in [2.45, 2.75) is 58.5 Å². The van der Waals surface area contributed by atoms with E-state index in [9.17, 15) is 9.59 Å². The first-order valence-electron chi connectivity index (χ1n) is 11.7. The van der Waals surface area contributed by atoms with Crippen molar-refractivity contribution in [1.29, 1.82) is 0 Å². The number of rotatable bonds is 11. The zero-order valence-corrected chi connectivity index (χ0v) is 19.2. The van der Waals surface area contributed by atoms with Crippen LogP contribution in [0, 0.1) is 0 Å². The number of fused-ring (bicyclic) bond motifs is 1. The first kappa shape index (κ1) is 23.5. The van der Waals surface area contributed by atoms with E-state index >= 15 is 0 Å². The molecule has 0 aliphatic rings. The molecule has 0 unspecified atom stereocenters. The van der Waals surface area contributed by atoms with E-state index in [0.29, 0.717) is 32.4 Å². The Balaban J connectivity index is 1.78. The summed E-state index contributed by atoms with van der Waals surface area (Å²) in [7, 11) is 0. The number of hydrogen-bond donors (Lipinski definition) is 1. The molecule has 0 fully saturated rings. The quantitative estimate of drug-likeness (QED) is 0.409. The SMILES string of the molecule is CCCCNC(=O)[C@H](CC)N(Cc1ccccc1)C(=O)CCc1cccc2ccccc12.